The molecule has 0 aliphatic carbocycles. The predicted octanol–water partition coefficient (Wildman–Crippen LogP) is -0.889. The van der Waals surface area contributed by atoms with Crippen LogP contribution in [-0.2, 0) is 0 Å². The predicted molar refractivity (Wildman–Crippen MR) is 44.6 cm³/mol. The molecular formula is C8H18O4. The largest absolute Gasteiger partial charge is 0.396 e. The lowest BCUT2D eigenvalue weighted by atomic mass is 10.0. The van der Waals surface area contributed by atoms with E-state index in [1.807, 2.05) is 0 Å². The maximum absolute atomic E-state index is 8.94. The molecule has 74 valence electrons. The van der Waals surface area contributed by atoms with Gasteiger partial charge in [-0.1, -0.05) is 6.42 Å². The average Bonchev–Trinajstić information content (AvgIpc) is 2.12. The highest BCUT2D eigenvalue weighted by Gasteiger charge is 2.07. The van der Waals surface area contributed by atoms with Crippen LogP contribution >= 0.6 is 0 Å². The summed E-state index contributed by atoms with van der Waals surface area (Å²) in [7, 11) is 0. The van der Waals surface area contributed by atoms with Crippen molar-refractivity contribution in [1.82, 2.24) is 0 Å². The van der Waals surface area contributed by atoms with Gasteiger partial charge in [-0.2, -0.15) is 0 Å². The fourth-order valence-corrected chi connectivity index (χ4v) is 0.974. The Morgan fingerprint density at radius 3 is 1.83 bits per heavy atom. The normalized spacial score (nSPS) is 13.8. The van der Waals surface area contributed by atoms with Gasteiger partial charge < -0.3 is 20.4 Å². The van der Waals surface area contributed by atoms with Crippen molar-refractivity contribution in [3.05, 3.63) is 0 Å². The summed E-state index contributed by atoms with van der Waals surface area (Å²) in [6.07, 6.45) is 1.26. The molecule has 4 nitrogen and oxygen atoms in total. The Hall–Kier alpha value is -0.160. The summed E-state index contributed by atoms with van der Waals surface area (Å²) in [6, 6.07) is 0. The molecule has 4 heteroatoms. The molecule has 0 aromatic rings. The van der Waals surface area contributed by atoms with Gasteiger partial charge in [-0.3, -0.25) is 0 Å². The van der Waals surface area contributed by atoms with Gasteiger partial charge in [0.25, 0.3) is 0 Å². The van der Waals surface area contributed by atoms with E-state index in [1.54, 1.807) is 0 Å². The molecule has 0 aliphatic rings. The van der Waals surface area contributed by atoms with Gasteiger partial charge in [0, 0.05) is 19.1 Å². The quantitative estimate of drug-likeness (QED) is 0.408. The lowest BCUT2D eigenvalue weighted by Gasteiger charge is -2.11. The van der Waals surface area contributed by atoms with Gasteiger partial charge in [-0.25, -0.2) is 0 Å². The monoisotopic (exact) mass is 178 g/mol. The molecule has 0 bridgehead atoms. The Balaban J connectivity index is 3.28. The fraction of sp³-hybridized carbons (Fsp3) is 1.00. The van der Waals surface area contributed by atoms with Crippen molar-refractivity contribution >= 4 is 0 Å². The van der Waals surface area contributed by atoms with Crippen LogP contribution < -0.4 is 0 Å². The lowest BCUT2D eigenvalue weighted by Crippen LogP contribution is -2.15. The van der Waals surface area contributed by atoms with Gasteiger partial charge in [-0.15, -0.1) is 0 Å². The molecule has 1 atom stereocenters. The Morgan fingerprint density at radius 1 is 0.833 bits per heavy atom. The molecule has 0 aliphatic heterocycles. The molecular weight excluding hydrogens is 160 g/mol. The van der Waals surface area contributed by atoms with Crippen LogP contribution in [0, 0.1) is 5.92 Å². The second-order valence-electron chi connectivity index (χ2n) is 3.00. The zero-order chi connectivity index (χ0) is 9.40. The SMILES string of the molecule is OCC(O)CCCC(CO)CO. The molecule has 0 aromatic heterocycles. The highest BCUT2D eigenvalue weighted by molar-refractivity contribution is 4.59. The Bertz CT molecular complexity index is 93.1. The number of hydrogen-bond donors (Lipinski definition) is 4. The van der Waals surface area contributed by atoms with E-state index in [2.05, 4.69) is 0 Å². The van der Waals surface area contributed by atoms with E-state index in [1.165, 1.54) is 0 Å². The van der Waals surface area contributed by atoms with Crippen LogP contribution in [0.15, 0.2) is 0 Å². The van der Waals surface area contributed by atoms with Crippen molar-refractivity contribution in [2.45, 2.75) is 25.4 Å². The maximum Gasteiger partial charge on any atom is 0.0770 e. The third-order valence-electron chi connectivity index (χ3n) is 1.88. The molecule has 0 rings (SSSR count). The van der Waals surface area contributed by atoms with Gasteiger partial charge in [0.2, 0.25) is 0 Å². The summed E-state index contributed by atoms with van der Waals surface area (Å²) < 4.78 is 0. The maximum atomic E-state index is 8.94. The summed E-state index contributed by atoms with van der Waals surface area (Å²) in [6.45, 7) is -0.264. The molecule has 0 amide bonds. The minimum Gasteiger partial charge on any atom is -0.396 e. The number of aliphatic hydroxyl groups is 4. The minimum atomic E-state index is -0.664. The van der Waals surface area contributed by atoms with Crippen LogP contribution in [0.4, 0.5) is 0 Å². The molecule has 0 radical (unpaired) electrons. The zero-order valence-corrected chi connectivity index (χ0v) is 7.19. The van der Waals surface area contributed by atoms with E-state index in [9.17, 15) is 0 Å². The van der Waals surface area contributed by atoms with Gasteiger partial charge >= 0.3 is 0 Å². The van der Waals surface area contributed by atoms with Crippen LogP contribution in [0.25, 0.3) is 0 Å². The first-order chi connectivity index (χ1) is 5.74. The van der Waals surface area contributed by atoms with E-state index in [4.69, 9.17) is 20.4 Å². The molecule has 0 saturated carbocycles. The Labute approximate surface area is 72.5 Å². The highest BCUT2D eigenvalue weighted by Crippen LogP contribution is 2.08. The summed E-state index contributed by atoms with van der Waals surface area (Å²) in [5.74, 6) is -0.0871. The molecule has 0 fully saturated rings. The van der Waals surface area contributed by atoms with E-state index in [-0.39, 0.29) is 25.7 Å². The van der Waals surface area contributed by atoms with Crippen LogP contribution in [0.3, 0.4) is 0 Å². The van der Waals surface area contributed by atoms with Crippen molar-refractivity contribution in [2.75, 3.05) is 19.8 Å². The summed E-state index contributed by atoms with van der Waals surface area (Å²) in [5, 5.41) is 34.8. The van der Waals surface area contributed by atoms with Gasteiger partial charge in [0.1, 0.15) is 0 Å². The second-order valence-corrected chi connectivity index (χ2v) is 3.00. The zero-order valence-electron chi connectivity index (χ0n) is 7.19. The van der Waals surface area contributed by atoms with E-state index < -0.39 is 6.10 Å². The Morgan fingerprint density at radius 2 is 1.42 bits per heavy atom. The van der Waals surface area contributed by atoms with Crippen molar-refractivity contribution in [3.63, 3.8) is 0 Å². The van der Waals surface area contributed by atoms with Gasteiger partial charge in [-0.05, 0) is 12.8 Å². The van der Waals surface area contributed by atoms with E-state index >= 15 is 0 Å². The summed E-state index contributed by atoms with van der Waals surface area (Å²) in [5.41, 5.74) is 0. The van der Waals surface area contributed by atoms with Crippen molar-refractivity contribution < 1.29 is 20.4 Å². The van der Waals surface area contributed by atoms with Gasteiger partial charge in [0.05, 0.1) is 12.7 Å². The minimum absolute atomic E-state index is 0.0221. The molecule has 0 heterocycles. The van der Waals surface area contributed by atoms with Crippen molar-refractivity contribution in [2.24, 2.45) is 5.92 Å². The fourth-order valence-electron chi connectivity index (χ4n) is 0.974. The van der Waals surface area contributed by atoms with Crippen LogP contribution in [0.2, 0.25) is 0 Å². The molecule has 12 heavy (non-hydrogen) atoms. The third kappa shape index (κ3) is 5.49. The number of hydrogen-bond acceptors (Lipinski definition) is 4. The third-order valence-corrected chi connectivity index (χ3v) is 1.88. The first-order valence-electron chi connectivity index (χ1n) is 4.25. The lowest BCUT2D eigenvalue weighted by molar-refractivity contribution is 0.0805. The van der Waals surface area contributed by atoms with Crippen molar-refractivity contribution in [3.8, 4) is 0 Å². The number of rotatable bonds is 7. The molecule has 0 spiro atoms. The topological polar surface area (TPSA) is 80.9 Å². The molecule has 1 unspecified atom stereocenters. The van der Waals surface area contributed by atoms with Crippen LogP contribution in [0.5, 0.6) is 0 Å². The van der Waals surface area contributed by atoms with Crippen LogP contribution in [0.1, 0.15) is 19.3 Å². The number of aliphatic hydroxyl groups excluding tert-OH is 4. The van der Waals surface area contributed by atoms with Crippen molar-refractivity contribution in [1.29, 1.82) is 0 Å². The standard InChI is InChI=1S/C8H18O4/c9-4-7(5-10)2-1-3-8(12)6-11/h7-12H,1-6H2. The van der Waals surface area contributed by atoms with Gasteiger partial charge in [0.15, 0.2) is 0 Å². The molecule has 0 aromatic carbocycles. The van der Waals surface area contributed by atoms with Crippen LogP contribution in [-0.4, -0.2) is 46.4 Å². The smallest absolute Gasteiger partial charge is 0.0770 e. The Kier molecular flexibility index (Phi) is 7.39. The summed E-state index contributed by atoms with van der Waals surface area (Å²) in [4.78, 5) is 0. The first-order valence-corrected chi connectivity index (χ1v) is 4.25. The van der Waals surface area contributed by atoms with E-state index in [0.29, 0.717) is 19.3 Å². The van der Waals surface area contributed by atoms with E-state index in [0.717, 1.165) is 0 Å². The first kappa shape index (κ1) is 11.8. The average molecular weight is 178 g/mol. The molecule has 0 saturated heterocycles. The highest BCUT2D eigenvalue weighted by atomic mass is 16.3. The molecule has 4 N–H and O–H groups in total. The second kappa shape index (κ2) is 7.49. The summed E-state index contributed by atoms with van der Waals surface area (Å²) >= 11 is 0.